The van der Waals surface area contributed by atoms with Gasteiger partial charge in [-0.3, -0.25) is 14.5 Å². The van der Waals surface area contributed by atoms with Crippen molar-refractivity contribution in [3.63, 3.8) is 0 Å². The maximum absolute atomic E-state index is 12.1. The van der Waals surface area contributed by atoms with Gasteiger partial charge in [0.05, 0.1) is 11.8 Å². The molecule has 0 aliphatic heterocycles. The van der Waals surface area contributed by atoms with E-state index < -0.39 is 0 Å². The molecule has 0 radical (unpaired) electrons. The van der Waals surface area contributed by atoms with Crippen LogP contribution in [0.5, 0.6) is 0 Å². The zero-order chi connectivity index (χ0) is 12.3. The average molecular weight is 294 g/mol. The Hall–Kier alpha value is -1.49. The number of aromatic nitrogens is 3. The van der Waals surface area contributed by atoms with Gasteiger partial charge < -0.3 is 0 Å². The number of pyridine rings is 1. The summed E-state index contributed by atoms with van der Waals surface area (Å²) in [6.07, 6.45) is 5.93. The first-order valence-corrected chi connectivity index (χ1v) is 6.19. The maximum Gasteiger partial charge on any atom is 0.215 e. The van der Waals surface area contributed by atoms with E-state index in [4.69, 9.17) is 0 Å². The molecule has 17 heavy (non-hydrogen) atoms. The van der Waals surface area contributed by atoms with E-state index in [1.54, 1.807) is 35.4 Å². The summed E-state index contributed by atoms with van der Waals surface area (Å²) >= 11 is 3.32. The number of halogens is 1. The Kier molecular flexibility index (Phi) is 3.68. The zero-order valence-corrected chi connectivity index (χ0v) is 11.0. The number of ketones is 1. The van der Waals surface area contributed by atoms with Gasteiger partial charge >= 0.3 is 0 Å². The fraction of sp³-hybridized carbons (Fsp3) is 0.250. The highest BCUT2D eigenvalue weighted by Crippen LogP contribution is 2.17. The molecule has 0 spiro atoms. The second-order valence-corrected chi connectivity index (χ2v) is 4.51. The van der Waals surface area contributed by atoms with Gasteiger partial charge in [0.25, 0.3) is 0 Å². The highest BCUT2D eigenvalue weighted by atomic mass is 79.9. The van der Waals surface area contributed by atoms with Gasteiger partial charge in [-0.1, -0.05) is 6.92 Å². The number of rotatable bonds is 4. The number of carbonyl (C=O) groups is 1. The van der Waals surface area contributed by atoms with Crippen molar-refractivity contribution in [2.24, 2.45) is 0 Å². The molecule has 88 valence electrons. The van der Waals surface area contributed by atoms with Gasteiger partial charge in [-0.25, -0.2) is 0 Å². The molecule has 0 N–H and O–H groups in total. The maximum atomic E-state index is 12.1. The van der Waals surface area contributed by atoms with Crippen LogP contribution in [-0.4, -0.2) is 20.5 Å². The lowest BCUT2D eigenvalue weighted by Crippen LogP contribution is -2.04. The Balaban J connectivity index is 2.28. The predicted octanol–water partition coefficient (Wildman–Crippen LogP) is 2.68. The molecule has 2 rings (SSSR count). The molecule has 0 saturated carbocycles. The van der Waals surface area contributed by atoms with E-state index in [-0.39, 0.29) is 5.78 Å². The minimum Gasteiger partial charge on any atom is -0.287 e. The summed E-state index contributed by atoms with van der Waals surface area (Å²) in [5.74, 6) is -0.111. The van der Waals surface area contributed by atoms with Crippen LogP contribution < -0.4 is 0 Å². The van der Waals surface area contributed by atoms with Gasteiger partial charge in [0.2, 0.25) is 5.78 Å². The van der Waals surface area contributed by atoms with E-state index in [1.807, 2.05) is 0 Å². The third kappa shape index (κ3) is 2.61. The van der Waals surface area contributed by atoms with E-state index >= 15 is 0 Å². The number of carbonyl (C=O) groups excluding carboxylic acids is 1. The Morgan fingerprint density at radius 2 is 2.35 bits per heavy atom. The van der Waals surface area contributed by atoms with Gasteiger partial charge in [-0.05, 0) is 34.5 Å². The van der Waals surface area contributed by atoms with Crippen molar-refractivity contribution in [2.45, 2.75) is 19.9 Å². The molecule has 0 aromatic carbocycles. The second kappa shape index (κ2) is 5.23. The van der Waals surface area contributed by atoms with Crippen LogP contribution in [0.2, 0.25) is 0 Å². The van der Waals surface area contributed by atoms with Crippen molar-refractivity contribution >= 4 is 21.7 Å². The molecule has 2 aromatic heterocycles. The minimum absolute atomic E-state index is 0.111. The van der Waals surface area contributed by atoms with Crippen LogP contribution in [0.4, 0.5) is 0 Å². The van der Waals surface area contributed by atoms with Crippen molar-refractivity contribution in [3.8, 4) is 0 Å². The molecule has 5 heteroatoms. The van der Waals surface area contributed by atoms with Crippen molar-refractivity contribution in [2.75, 3.05) is 0 Å². The van der Waals surface area contributed by atoms with Crippen LogP contribution in [-0.2, 0) is 6.54 Å². The number of hydrogen-bond acceptors (Lipinski definition) is 3. The largest absolute Gasteiger partial charge is 0.287 e. The van der Waals surface area contributed by atoms with E-state index in [2.05, 4.69) is 32.9 Å². The summed E-state index contributed by atoms with van der Waals surface area (Å²) in [7, 11) is 0. The van der Waals surface area contributed by atoms with Crippen LogP contribution in [0.1, 0.15) is 29.4 Å². The van der Waals surface area contributed by atoms with Gasteiger partial charge in [-0.2, -0.15) is 5.10 Å². The Morgan fingerprint density at radius 3 is 3.06 bits per heavy atom. The first kappa shape index (κ1) is 12.0. The minimum atomic E-state index is -0.111. The van der Waals surface area contributed by atoms with Crippen molar-refractivity contribution in [3.05, 3.63) is 46.5 Å². The number of aryl methyl sites for hydroxylation is 1. The topological polar surface area (TPSA) is 47.8 Å². The zero-order valence-electron chi connectivity index (χ0n) is 9.43. The summed E-state index contributed by atoms with van der Waals surface area (Å²) in [5.41, 5.74) is 0.987. The molecule has 0 bridgehead atoms. The lowest BCUT2D eigenvalue weighted by Gasteiger charge is -1.99. The molecule has 0 aliphatic rings. The summed E-state index contributed by atoms with van der Waals surface area (Å²) < 4.78 is 2.47. The Labute approximate surface area is 108 Å². The van der Waals surface area contributed by atoms with Crippen LogP contribution >= 0.6 is 15.9 Å². The molecule has 0 unspecified atom stereocenters. The average Bonchev–Trinajstić information content (AvgIpc) is 2.78. The van der Waals surface area contributed by atoms with Crippen molar-refractivity contribution < 1.29 is 4.79 Å². The van der Waals surface area contributed by atoms with Gasteiger partial charge in [0.15, 0.2) is 0 Å². The smallest absolute Gasteiger partial charge is 0.215 e. The van der Waals surface area contributed by atoms with Crippen LogP contribution in [0, 0.1) is 0 Å². The van der Waals surface area contributed by atoms with E-state index in [1.165, 1.54) is 0 Å². The standard InChI is InChI=1S/C12H12BrN3O/c1-2-6-16-8-9(7-15-16)12(17)11-10(13)4-3-5-14-11/h3-5,7-8H,2,6H2,1H3. The molecular weight excluding hydrogens is 282 g/mol. The molecule has 0 fully saturated rings. The first-order chi connectivity index (χ1) is 8.22. The highest BCUT2D eigenvalue weighted by Gasteiger charge is 2.15. The van der Waals surface area contributed by atoms with Crippen LogP contribution in [0.3, 0.4) is 0 Å². The van der Waals surface area contributed by atoms with Gasteiger partial charge in [0.1, 0.15) is 5.69 Å². The number of nitrogens with zero attached hydrogens (tertiary/aromatic N) is 3. The molecule has 0 atom stereocenters. The highest BCUT2D eigenvalue weighted by molar-refractivity contribution is 9.10. The lowest BCUT2D eigenvalue weighted by molar-refractivity contribution is 0.103. The van der Waals surface area contributed by atoms with Crippen molar-refractivity contribution in [1.82, 2.24) is 14.8 Å². The summed E-state index contributed by atoms with van der Waals surface area (Å²) in [4.78, 5) is 16.2. The second-order valence-electron chi connectivity index (χ2n) is 3.66. The fourth-order valence-corrected chi connectivity index (χ4v) is 1.96. The molecule has 0 amide bonds. The summed E-state index contributed by atoms with van der Waals surface area (Å²) in [6, 6.07) is 3.58. The van der Waals surface area contributed by atoms with E-state index in [0.717, 1.165) is 13.0 Å². The van der Waals surface area contributed by atoms with E-state index in [0.29, 0.717) is 15.7 Å². The van der Waals surface area contributed by atoms with E-state index in [9.17, 15) is 4.79 Å². The van der Waals surface area contributed by atoms with Crippen LogP contribution in [0.15, 0.2) is 35.2 Å². The SMILES string of the molecule is CCCn1cc(C(=O)c2ncccc2Br)cn1. The number of hydrogen-bond donors (Lipinski definition) is 0. The third-order valence-corrected chi connectivity index (χ3v) is 2.96. The molecule has 4 nitrogen and oxygen atoms in total. The quantitative estimate of drug-likeness (QED) is 0.815. The monoisotopic (exact) mass is 293 g/mol. The van der Waals surface area contributed by atoms with Gasteiger partial charge in [0, 0.05) is 23.4 Å². The third-order valence-electron chi connectivity index (χ3n) is 2.32. The molecule has 0 aliphatic carbocycles. The fourth-order valence-electron chi connectivity index (χ4n) is 1.52. The first-order valence-electron chi connectivity index (χ1n) is 5.40. The summed E-state index contributed by atoms with van der Waals surface area (Å²) in [6.45, 7) is 2.88. The normalized spacial score (nSPS) is 10.5. The predicted molar refractivity (Wildman–Crippen MR) is 67.9 cm³/mol. The molecular formula is C12H12BrN3O. The molecule has 0 saturated heterocycles. The summed E-state index contributed by atoms with van der Waals surface area (Å²) in [5, 5.41) is 4.13. The van der Waals surface area contributed by atoms with Crippen molar-refractivity contribution in [1.29, 1.82) is 0 Å². The van der Waals surface area contributed by atoms with Gasteiger partial charge in [-0.15, -0.1) is 0 Å². The molecule has 2 aromatic rings. The Morgan fingerprint density at radius 1 is 1.53 bits per heavy atom. The molecule has 2 heterocycles. The van der Waals surface area contributed by atoms with Crippen LogP contribution in [0.25, 0.3) is 0 Å². The lowest BCUT2D eigenvalue weighted by atomic mass is 10.1. The Bertz CT molecular complexity index is 536.